The van der Waals surface area contributed by atoms with Gasteiger partial charge in [0, 0.05) is 13.5 Å². The molecule has 78 valence electrons. The van der Waals surface area contributed by atoms with E-state index in [4.69, 9.17) is 9.47 Å². The molecular weight excluding hydrogens is 176 g/mol. The van der Waals surface area contributed by atoms with Gasteiger partial charge in [0.2, 0.25) is 0 Å². The lowest BCUT2D eigenvalue weighted by Gasteiger charge is -2.16. The van der Waals surface area contributed by atoms with Crippen LogP contribution in [0.15, 0.2) is 24.3 Å². The lowest BCUT2D eigenvalue weighted by molar-refractivity contribution is -0.0584. The van der Waals surface area contributed by atoms with E-state index in [1.165, 1.54) is 5.56 Å². The molecule has 0 heterocycles. The Bertz CT molecular complexity index is 271. The molecule has 0 bridgehead atoms. The van der Waals surface area contributed by atoms with Gasteiger partial charge in [-0.1, -0.05) is 25.5 Å². The van der Waals surface area contributed by atoms with Crippen LogP contribution in [-0.2, 0) is 4.74 Å². The average molecular weight is 194 g/mol. The summed E-state index contributed by atoms with van der Waals surface area (Å²) in [5, 5.41) is 0. The largest absolute Gasteiger partial charge is 0.465 e. The number of rotatable bonds is 5. The molecule has 0 N–H and O–H groups in total. The van der Waals surface area contributed by atoms with Gasteiger partial charge in [0.25, 0.3) is 0 Å². The second-order valence-corrected chi connectivity index (χ2v) is 3.39. The van der Waals surface area contributed by atoms with Gasteiger partial charge in [-0.3, -0.25) is 0 Å². The van der Waals surface area contributed by atoms with Crippen molar-refractivity contribution in [2.75, 3.05) is 7.11 Å². The summed E-state index contributed by atoms with van der Waals surface area (Å²) in [5.74, 6) is 0.880. The molecule has 1 atom stereocenters. The van der Waals surface area contributed by atoms with Gasteiger partial charge >= 0.3 is 0 Å². The summed E-state index contributed by atoms with van der Waals surface area (Å²) >= 11 is 0. The van der Waals surface area contributed by atoms with Crippen molar-refractivity contribution in [3.8, 4) is 5.75 Å². The summed E-state index contributed by atoms with van der Waals surface area (Å²) in [4.78, 5) is 0. The molecule has 0 spiro atoms. The summed E-state index contributed by atoms with van der Waals surface area (Å²) in [6, 6.07) is 8.01. The molecule has 0 amide bonds. The average Bonchev–Trinajstić information content (AvgIpc) is 2.17. The van der Waals surface area contributed by atoms with Crippen LogP contribution in [0.25, 0.3) is 0 Å². The summed E-state index contributed by atoms with van der Waals surface area (Å²) in [5.41, 5.74) is 1.20. The standard InChI is InChI=1S/C12H18O2/c1-4-6-12(13-3)14-11-8-5-7-10(2)9-11/h5,7-9,12H,4,6H2,1-3H3. The minimum Gasteiger partial charge on any atom is -0.465 e. The first kappa shape index (κ1) is 11.1. The first-order chi connectivity index (χ1) is 6.76. The van der Waals surface area contributed by atoms with Gasteiger partial charge in [-0.15, -0.1) is 0 Å². The molecule has 1 aromatic carbocycles. The van der Waals surface area contributed by atoms with Crippen molar-refractivity contribution in [2.45, 2.75) is 33.0 Å². The van der Waals surface area contributed by atoms with E-state index in [0.717, 1.165) is 18.6 Å². The zero-order chi connectivity index (χ0) is 10.4. The van der Waals surface area contributed by atoms with E-state index in [9.17, 15) is 0 Å². The molecule has 0 aliphatic carbocycles. The van der Waals surface area contributed by atoms with Crippen LogP contribution in [-0.4, -0.2) is 13.4 Å². The van der Waals surface area contributed by atoms with E-state index in [1.54, 1.807) is 7.11 Å². The summed E-state index contributed by atoms with van der Waals surface area (Å²) in [6.45, 7) is 4.17. The van der Waals surface area contributed by atoms with Crippen LogP contribution < -0.4 is 4.74 Å². The van der Waals surface area contributed by atoms with Crippen LogP contribution in [0, 0.1) is 6.92 Å². The molecule has 2 heteroatoms. The van der Waals surface area contributed by atoms with Crippen LogP contribution in [0.4, 0.5) is 0 Å². The number of methoxy groups -OCH3 is 1. The maximum atomic E-state index is 5.66. The summed E-state index contributed by atoms with van der Waals surface area (Å²) in [7, 11) is 1.68. The van der Waals surface area contributed by atoms with E-state index < -0.39 is 0 Å². The minimum atomic E-state index is -0.123. The maximum Gasteiger partial charge on any atom is 0.199 e. The molecule has 0 aliphatic heterocycles. The number of benzene rings is 1. The van der Waals surface area contributed by atoms with Crippen molar-refractivity contribution in [1.29, 1.82) is 0 Å². The van der Waals surface area contributed by atoms with Gasteiger partial charge in [-0.25, -0.2) is 0 Å². The van der Waals surface area contributed by atoms with E-state index in [1.807, 2.05) is 18.2 Å². The fraction of sp³-hybridized carbons (Fsp3) is 0.500. The van der Waals surface area contributed by atoms with Crippen LogP contribution in [0.1, 0.15) is 25.3 Å². The van der Waals surface area contributed by atoms with Crippen molar-refractivity contribution in [2.24, 2.45) is 0 Å². The van der Waals surface area contributed by atoms with E-state index >= 15 is 0 Å². The third kappa shape index (κ3) is 3.38. The van der Waals surface area contributed by atoms with Crippen molar-refractivity contribution < 1.29 is 9.47 Å². The van der Waals surface area contributed by atoms with E-state index in [2.05, 4.69) is 19.9 Å². The summed E-state index contributed by atoms with van der Waals surface area (Å²) < 4.78 is 10.9. The van der Waals surface area contributed by atoms with Gasteiger partial charge < -0.3 is 9.47 Å². The smallest absolute Gasteiger partial charge is 0.199 e. The van der Waals surface area contributed by atoms with Crippen molar-refractivity contribution in [1.82, 2.24) is 0 Å². The Morgan fingerprint density at radius 2 is 2.14 bits per heavy atom. The third-order valence-corrected chi connectivity index (χ3v) is 2.04. The topological polar surface area (TPSA) is 18.5 Å². The molecule has 2 nitrogen and oxygen atoms in total. The van der Waals surface area contributed by atoms with Crippen molar-refractivity contribution >= 4 is 0 Å². The fourth-order valence-corrected chi connectivity index (χ4v) is 1.30. The predicted molar refractivity (Wildman–Crippen MR) is 57.5 cm³/mol. The highest BCUT2D eigenvalue weighted by molar-refractivity contribution is 5.27. The van der Waals surface area contributed by atoms with Gasteiger partial charge in [0.05, 0.1) is 0 Å². The van der Waals surface area contributed by atoms with Crippen LogP contribution >= 0.6 is 0 Å². The van der Waals surface area contributed by atoms with Gasteiger partial charge in [0.1, 0.15) is 5.75 Å². The van der Waals surface area contributed by atoms with Crippen molar-refractivity contribution in [3.63, 3.8) is 0 Å². The van der Waals surface area contributed by atoms with Gasteiger partial charge in [-0.2, -0.15) is 0 Å². The highest BCUT2D eigenvalue weighted by Gasteiger charge is 2.06. The highest BCUT2D eigenvalue weighted by Crippen LogP contribution is 2.16. The van der Waals surface area contributed by atoms with Gasteiger partial charge in [0.15, 0.2) is 6.29 Å². The molecule has 0 aliphatic rings. The van der Waals surface area contributed by atoms with Crippen LogP contribution in [0.5, 0.6) is 5.75 Å². The Morgan fingerprint density at radius 1 is 1.36 bits per heavy atom. The van der Waals surface area contributed by atoms with Gasteiger partial charge in [-0.05, 0) is 24.6 Å². The molecule has 1 unspecified atom stereocenters. The molecular formula is C12H18O2. The third-order valence-electron chi connectivity index (χ3n) is 2.04. The molecule has 14 heavy (non-hydrogen) atoms. The normalized spacial score (nSPS) is 12.5. The monoisotopic (exact) mass is 194 g/mol. The fourth-order valence-electron chi connectivity index (χ4n) is 1.30. The maximum absolute atomic E-state index is 5.66. The highest BCUT2D eigenvalue weighted by atomic mass is 16.7. The molecule has 0 aromatic heterocycles. The SMILES string of the molecule is CCCC(OC)Oc1cccc(C)c1. The Kier molecular flexibility index (Phi) is 4.47. The quantitative estimate of drug-likeness (QED) is 0.670. The summed E-state index contributed by atoms with van der Waals surface area (Å²) in [6.07, 6.45) is 1.86. The Balaban J connectivity index is 2.57. The molecule has 0 fully saturated rings. The van der Waals surface area contributed by atoms with Crippen molar-refractivity contribution in [3.05, 3.63) is 29.8 Å². The molecule has 0 radical (unpaired) electrons. The predicted octanol–water partition coefficient (Wildman–Crippen LogP) is 3.15. The number of ether oxygens (including phenoxy) is 2. The molecule has 1 rings (SSSR count). The van der Waals surface area contributed by atoms with Crippen LogP contribution in [0.2, 0.25) is 0 Å². The zero-order valence-electron chi connectivity index (χ0n) is 9.12. The Morgan fingerprint density at radius 3 is 2.71 bits per heavy atom. The molecule has 1 aromatic rings. The molecule has 0 saturated heterocycles. The number of hydrogen-bond acceptors (Lipinski definition) is 2. The minimum absolute atomic E-state index is 0.123. The number of hydrogen-bond donors (Lipinski definition) is 0. The zero-order valence-corrected chi connectivity index (χ0v) is 9.12. The van der Waals surface area contributed by atoms with E-state index in [0.29, 0.717) is 0 Å². The van der Waals surface area contributed by atoms with E-state index in [-0.39, 0.29) is 6.29 Å². The number of aryl methyl sites for hydroxylation is 1. The first-order valence-corrected chi connectivity index (χ1v) is 5.02. The lowest BCUT2D eigenvalue weighted by Crippen LogP contribution is -2.18. The second kappa shape index (κ2) is 5.66. The van der Waals surface area contributed by atoms with Crippen LogP contribution in [0.3, 0.4) is 0 Å². The first-order valence-electron chi connectivity index (χ1n) is 5.02. The second-order valence-electron chi connectivity index (χ2n) is 3.39. The Hall–Kier alpha value is -1.02. The lowest BCUT2D eigenvalue weighted by atomic mass is 10.2. The molecule has 0 saturated carbocycles. The Labute approximate surface area is 85.8 Å².